The van der Waals surface area contributed by atoms with Crippen LogP contribution >= 0.6 is 0 Å². The number of guanidine groups is 1. The maximum atomic E-state index is 5.95. The highest BCUT2D eigenvalue weighted by molar-refractivity contribution is 5.77. The predicted octanol–water partition coefficient (Wildman–Crippen LogP) is -0.361. The Hall–Kier alpha value is -0.890. The normalized spacial score (nSPS) is 22.2. The molecule has 0 atom stereocenters. The summed E-state index contributed by atoms with van der Waals surface area (Å²) in [5, 5.41) is 3.24. The molecule has 3 N–H and O–H groups in total. The SMILES string of the molecule is CN(C)C1CCN(CCNC(N)=NCCCN2CCOCC2)CC1. The molecule has 2 fully saturated rings. The van der Waals surface area contributed by atoms with Gasteiger partial charge < -0.3 is 25.6 Å². The summed E-state index contributed by atoms with van der Waals surface area (Å²) in [5.41, 5.74) is 5.95. The number of aliphatic imine (C=N–C) groups is 1. The molecule has 0 aliphatic carbocycles. The number of hydrogen-bond donors (Lipinski definition) is 2. The number of nitrogens with zero attached hydrogens (tertiary/aromatic N) is 4. The molecule has 0 amide bonds. The van der Waals surface area contributed by atoms with Crippen LogP contribution in [-0.2, 0) is 4.74 Å². The summed E-state index contributed by atoms with van der Waals surface area (Å²) < 4.78 is 5.35. The number of hydrogen-bond acceptors (Lipinski definition) is 5. The van der Waals surface area contributed by atoms with Crippen LogP contribution in [0.4, 0.5) is 0 Å². The minimum atomic E-state index is 0.583. The molecule has 7 heteroatoms. The van der Waals surface area contributed by atoms with Gasteiger partial charge >= 0.3 is 0 Å². The summed E-state index contributed by atoms with van der Waals surface area (Å²) in [6.07, 6.45) is 3.58. The van der Waals surface area contributed by atoms with Gasteiger partial charge in [0.25, 0.3) is 0 Å². The van der Waals surface area contributed by atoms with E-state index in [1.807, 2.05) is 0 Å². The van der Waals surface area contributed by atoms with Crippen LogP contribution in [0, 0.1) is 0 Å². The molecule has 140 valence electrons. The van der Waals surface area contributed by atoms with Crippen molar-refractivity contribution in [3.63, 3.8) is 0 Å². The Kier molecular flexibility index (Phi) is 8.80. The van der Waals surface area contributed by atoms with Gasteiger partial charge in [-0.1, -0.05) is 0 Å². The molecule has 0 aromatic carbocycles. The number of nitrogens with one attached hydrogen (secondary N) is 1. The standard InChI is InChI=1S/C17H36N6O/c1-21(2)16-4-9-23(10-5-16)11-7-20-17(18)19-6-3-8-22-12-14-24-15-13-22/h16H,3-15H2,1-2H3,(H3,18,19,20). The molecule has 2 aliphatic rings. The molecule has 0 unspecified atom stereocenters. The van der Waals surface area contributed by atoms with E-state index in [0.717, 1.165) is 64.9 Å². The van der Waals surface area contributed by atoms with Crippen molar-refractivity contribution in [3.8, 4) is 0 Å². The minimum absolute atomic E-state index is 0.583. The van der Waals surface area contributed by atoms with Gasteiger partial charge in [-0.3, -0.25) is 9.89 Å². The lowest BCUT2D eigenvalue weighted by Gasteiger charge is -2.35. The molecule has 0 bridgehead atoms. The van der Waals surface area contributed by atoms with Crippen LogP contribution in [0.5, 0.6) is 0 Å². The van der Waals surface area contributed by atoms with E-state index in [0.29, 0.717) is 5.96 Å². The minimum Gasteiger partial charge on any atom is -0.379 e. The summed E-state index contributed by atoms with van der Waals surface area (Å²) in [6, 6.07) is 0.743. The van der Waals surface area contributed by atoms with Crippen molar-refractivity contribution in [1.29, 1.82) is 0 Å². The molecule has 24 heavy (non-hydrogen) atoms. The van der Waals surface area contributed by atoms with Crippen LogP contribution in [0.1, 0.15) is 19.3 Å². The molecule has 2 rings (SSSR count). The summed E-state index contributed by atoms with van der Waals surface area (Å²) in [4.78, 5) is 11.7. The van der Waals surface area contributed by atoms with E-state index in [1.165, 1.54) is 25.9 Å². The number of rotatable bonds is 8. The van der Waals surface area contributed by atoms with Gasteiger partial charge in [-0.25, -0.2) is 0 Å². The number of likely N-dealkylation sites (tertiary alicyclic amines) is 1. The maximum Gasteiger partial charge on any atom is 0.188 e. The quantitative estimate of drug-likeness (QED) is 0.357. The zero-order valence-corrected chi connectivity index (χ0v) is 15.5. The van der Waals surface area contributed by atoms with Gasteiger partial charge in [-0.2, -0.15) is 0 Å². The van der Waals surface area contributed by atoms with Gasteiger partial charge in [0.1, 0.15) is 0 Å². The molecule has 0 saturated carbocycles. The second-order valence-corrected chi connectivity index (χ2v) is 7.04. The van der Waals surface area contributed by atoms with Crippen molar-refractivity contribution < 1.29 is 4.74 Å². The first-order chi connectivity index (χ1) is 11.6. The Bertz CT molecular complexity index is 362. The van der Waals surface area contributed by atoms with Crippen LogP contribution in [0.25, 0.3) is 0 Å². The summed E-state index contributed by atoms with van der Waals surface area (Å²) >= 11 is 0. The van der Waals surface area contributed by atoms with Crippen LogP contribution in [0.2, 0.25) is 0 Å². The van der Waals surface area contributed by atoms with Crippen molar-refractivity contribution in [3.05, 3.63) is 0 Å². The van der Waals surface area contributed by atoms with Gasteiger partial charge in [-0.15, -0.1) is 0 Å². The summed E-state index contributed by atoms with van der Waals surface area (Å²) in [6.45, 7) is 9.98. The van der Waals surface area contributed by atoms with Gasteiger partial charge in [0.2, 0.25) is 0 Å². The largest absolute Gasteiger partial charge is 0.379 e. The lowest BCUT2D eigenvalue weighted by molar-refractivity contribution is 0.0377. The van der Waals surface area contributed by atoms with Gasteiger partial charge in [0.05, 0.1) is 13.2 Å². The molecule has 0 aromatic rings. The highest BCUT2D eigenvalue weighted by Gasteiger charge is 2.19. The van der Waals surface area contributed by atoms with Crippen molar-refractivity contribution in [1.82, 2.24) is 20.0 Å². The Morgan fingerprint density at radius 3 is 2.46 bits per heavy atom. The van der Waals surface area contributed by atoms with Crippen molar-refractivity contribution >= 4 is 5.96 Å². The van der Waals surface area contributed by atoms with Crippen LogP contribution in [0.15, 0.2) is 4.99 Å². The predicted molar refractivity (Wildman–Crippen MR) is 99.5 cm³/mol. The Morgan fingerprint density at radius 1 is 1.12 bits per heavy atom. The summed E-state index contributed by atoms with van der Waals surface area (Å²) in [7, 11) is 4.36. The van der Waals surface area contributed by atoms with Gasteiger partial charge in [-0.05, 0) is 46.4 Å². The van der Waals surface area contributed by atoms with Crippen LogP contribution in [-0.4, -0.2) is 106 Å². The maximum absolute atomic E-state index is 5.95. The van der Waals surface area contributed by atoms with Gasteiger partial charge in [0.15, 0.2) is 5.96 Å². The monoisotopic (exact) mass is 340 g/mol. The zero-order chi connectivity index (χ0) is 17.2. The second-order valence-electron chi connectivity index (χ2n) is 7.04. The third-order valence-corrected chi connectivity index (χ3v) is 5.04. The average Bonchev–Trinajstić information content (AvgIpc) is 2.60. The fourth-order valence-electron chi connectivity index (χ4n) is 3.38. The first-order valence-electron chi connectivity index (χ1n) is 9.38. The van der Waals surface area contributed by atoms with E-state index in [2.05, 4.69) is 39.1 Å². The van der Waals surface area contributed by atoms with Crippen molar-refractivity contribution in [2.45, 2.75) is 25.3 Å². The van der Waals surface area contributed by atoms with E-state index in [-0.39, 0.29) is 0 Å². The van der Waals surface area contributed by atoms with Gasteiger partial charge in [0, 0.05) is 45.3 Å². The fraction of sp³-hybridized carbons (Fsp3) is 0.941. The van der Waals surface area contributed by atoms with E-state index in [9.17, 15) is 0 Å². The van der Waals surface area contributed by atoms with E-state index < -0.39 is 0 Å². The van der Waals surface area contributed by atoms with Crippen molar-refractivity contribution in [2.24, 2.45) is 10.7 Å². The first kappa shape index (κ1) is 19.4. The Labute approximate surface area is 147 Å². The molecule has 2 aliphatic heterocycles. The van der Waals surface area contributed by atoms with Crippen LogP contribution < -0.4 is 11.1 Å². The molecule has 2 heterocycles. The van der Waals surface area contributed by atoms with E-state index in [4.69, 9.17) is 10.5 Å². The van der Waals surface area contributed by atoms with Crippen molar-refractivity contribution in [2.75, 3.05) is 79.7 Å². The Balaban J connectivity index is 1.49. The second kappa shape index (κ2) is 10.9. The number of nitrogens with two attached hydrogens (primary N) is 1. The molecular weight excluding hydrogens is 304 g/mol. The van der Waals surface area contributed by atoms with E-state index in [1.54, 1.807) is 0 Å². The van der Waals surface area contributed by atoms with Crippen LogP contribution in [0.3, 0.4) is 0 Å². The highest BCUT2D eigenvalue weighted by Crippen LogP contribution is 2.13. The smallest absolute Gasteiger partial charge is 0.188 e. The third kappa shape index (κ3) is 7.34. The number of morpholine rings is 1. The molecular formula is C17H36N6O. The molecule has 0 spiro atoms. The molecule has 0 aromatic heterocycles. The summed E-state index contributed by atoms with van der Waals surface area (Å²) in [5.74, 6) is 0.583. The highest BCUT2D eigenvalue weighted by atomic mass is 16.5. The lowest BCUT2D eigenvalue weighted by atomic mass is 10.0. The van der Waals surface area contributed by atoms with E-state index >= 15 is 0 Å². The number of piperidine rings is 1. The lowest BCUT2D eigenvalue weighted by Crippen LogP contribution is -2.45. The molecule has 2 saturated heterocycles. The number of ether oxygens (including phenoxy) is 1. The first-order valence-corrected chi connectivity index (χ1v) is 9.38. The topological polar surface area (TPSA) is 69.4 Å². The third-order valence-electron chi connectivity index (χ3n) is 5.04. The Morgan fingerprint density at radius 2 is 1.79 bits per heavy atom. The molecule has 0 radical (unpaired) electrons. The fourth-order valence-corrected chi connectivity index (χ4v) is 3.38. The zero-order valence-electron chi connectivity index (χ0n) is 15.5. The average molecular weight is 341 g/mol. The molecule has 7 nitrogen and oxygen atoms in total.